The van der Waals surface area contributed by atoms with Gasteiger partial charge in [-0.05, 0) is 36.4 Å². The number of carbonyl (C=O) groups excluding carboxylic acids is 3. The third kappa shape index (κ3) is 3.43. The molecule has 8 heteroatoms. The Morgan fingerprint density at radius 1 is 1.17 bits per heavy atom. The van der Waals surface area contributed by atoms with Gasteiger partial charge in [-0.2, -0.15) is 0 Å². The predicted octanol–water partition coefficient (Wildman–Crippen LogP) is 1.21. The molecule has 0 aromatic carbocycles. The molecule has 1 aliphatic rings. The highest BCUT2D eigenvalue weighted by atomic mass is 32.1. The number of hydrogen-bond acceptors (Lipinski definition) is 5. The molecule has 24 heavy (non-hydrogen) atoms. The van der Waals surface area contributed by atoms with E-state index in [1.54, 1.807) is 35.2 Å². The largest absolute Gasteiger partial charge is 0.326 e. The molecule has 7 nitrogen and oxygen atoms in total. The Bertz CT molecular complexity index is 733. The molecule has 1 fully saturated rings. The van der Waals surface area contributed by atoms with Crippen molar-refractivity contribution in [1.29, 1.82) is 0 Å². The van der Waals surface area contributed by atoms with Crippen molar-refractivity contribution in [3.8, 4) is 0 Å². The minimum absolute atomic E-state index is 0.154. The summed E-state index contributed by atoms with van der Waals surface area (Å²) in [6.45, 7) is 0.531. The van der Waals surface area contributed by atoms with E-state index in [4.69, 9.17) is 0 Å². The predicted molar refractivity (Wildman–Crippen MR) is 88.2 cm³/mol. The summed E-state index contributed by atoms with van der Waals surface area (Å²) in [6.07, 6.45) is 2.82. The smallest absolute Gasteiger partial charge is 0.288 e. The minimum atomic E-state index is -0.580. The highest BCUT2D eigenvalue weighted by molar-refractivity contribution is 7.12. The summed E-state index contributed by atoms with van der Waals surface area (Å²) in [5, 5.41) is 1.82. The molecular formula is C16H16N4O3S. The lowest BCUT2D eigenvalue weighted by Gasteiger charge is -2.23. The van der Waals surface area contributed by atoms with Crippen LogP contribution in [0.5, 0.6) is 0 Å². The van der Waals surface area contributed by atoms with Crippen LogP contribution in [-0.4, -0.2) is 40.2 Å². The number of nitrogens with one attached hydrogen (secondary N) is 2. The average Bonchev–Trinajstić information content (AvgIpc) is 3.31. The zero-order valence-corrected chi connectivity index (χ0v) is 13.6. The summed E-state index contributed by atoms with van der Waals surface area (Å²) in [5.74, 6) is -1.06. The van der Waals surface area contributed by atoms with E-state index in [2.05, 4.69) is 15.8 Å². The van der Waals surface area contributed by atoms with E-state index in [0.29, 0.717) is 17.8 Å². The molecule has 0 saturated carbocycles. The summed E-state index contributed by atoms with van der Waals surface area (Å²) in [7, 11) is 0. The Kier molecular flexibility index (Phi) is 4.85. The normalized spacial score (nSPS) is 16.7. The van der Waals surface area contributed by atoms with Crippen molar-refractivity contribution in [3.05, 3.63) is 52.5 Å². The molecule has 1 aliphatic heterocycles. The zero-order chi connectivity index (χ0) is 16.9. The maximum Gasteiger partial charge on any atom is 0.288 e. The number of pyridine rings is 1. The van der Waals surface area contributed by atoms with Gasteiger partial charge in [-0.1, -0.05) is 12.1 Å². The standard InChI is InChI=1S/C16H16N4O3S/c21-14(11-5-1-2-8-17-11)18-19-15(22)12-6-3-9-20(12)16(23)13-7-4-10-24-13/h1-2,4-5,7-8,10,12H,3,6,9H2,(H,18,21)(H,19,22)/t12-/m0/s1. The van der Waals surface area contributed by atoms with Gasteiger partial charge in [0.15, 0.2) is 0 Å². The molecule has 2 aromatic rings. The number of amides is 3. The number of nitrogens with zero attached hydrogens (tertiary/aromatic N) is 2. The van der Waals surface area contributed by atoms with Gasteiger partial charge in [-0.15, -0.1) is 11.3 Å². The molecule has 1 saturated heterocycles. The number of aromatic nitrogens is 1. The van der Waals surface area contributed by atoms with E-state index in [-0.39, 0.29) is 11.6 Å². The fourth-order valence-corrected chi connectivity index (χ4v) is 3.27. The van der Waals surface area contributed by atoms with Gasteiger partial charge in [0.05, 0.1) is 4.88 Å². The van der Waals surface area contributed by atoms with E-state index < -0.39 is 17.9 Å². The van der Waals surface area contributed by atoms with Crippen molar-refractivity contribution < 1.29 is 14.4 Å². The molecule has 1 atom stereocenters. The highest BCUT2D eigenvalue weighted by Crippen LogP contribution is 2.22. The van der Waals surface area contributed by atoms with Gasteiger partial charge in [0, 0.05) is 12.7 Å². The van der Waals surface area contributed by atoms with E-state index >= 15 is 0 Å². The van der Waals surface area contributed by atoms with Gasteiger partial charge in [0.25, 0.3) is 17.7 Å². The molecule has 3 amide bonds. The quantitative estimate of drug-likeness (QED) is 0.819. The third-order valence-electron chi connectivity index (χ3n) is 3.75. The maximum absolute atomic E-state index is 12.4. The summed E-state index contributed by atoms with van der Waals surface area (Å²) in [6, 6.07) is 7.89. The average molecular weight is 344 g/mol. The Hall–Kier alpha value is -2.74. The van der Waals surface area contributed by atoms with Crippen molar-refractivity contribution in [2.75, 3.05) is 6.54 Å². The van der Waals surface area contributed by atoms with Crippen LogP contribution in [0, 0.1) is 0 Å². The lowest BCUT2D eigenvalue weighted by Crippen LogP contribution is -2.51. The lowest BCUT2D eigenvalue weighted by molar-refractivity contribution is -0.125. The first kappa shape index (κ1) is 16.1. The Morgan fingerprint density at radius 3 is 2.75 bits per heavy atom. The van der Waals surface area contributed by atoms with Crippen molar-refractivity contribution in [2.45, 2.75) is 18.9 Å². The van der Waals surface area contributed by atoms with Gasteiger partial charge in [0.2, 0.25) is 0 Å². The first-order chi connectivity index (χ1) is 11.7. The molecule has 2 aromatic heterocycles. The Balaban J connectivity index is 1.60. The van der Waals surface area contributed by atoms with Crippen LogP contribution in [0.25, 0.3) is 0 Å². The second-order valence-electron chi connectivity index (χ2n) is 5.29. The molecule has 124 valence electrons. The van der Waals surface area contributed by atoms with Crippen LogP contribution in [0.4, 0.5) is 0 Å². The zero-order valence-electron chi connectivity index (χ0n) is 12.8. The van der Waals surface area contributed by atoms with Crippen LogP contribution in [0.1, 0.15) is 33.0 Å². The lowest BCUT2D eigenvalue weighted by atomic mass is 10.2. The second-order valence-corrected chi connectivity index (χ2v) is 6.24. The van der Waals surface area contributed by atoms with Crippen molar-refractivity contribution in [1.82, 2.24) is 20.7 Å². The van der Waals surface area contributed by atoms with E-state index in [9.17, 15) is 14.4 Å². The molecular weight excluding hydrogens is 328 g/mol. The SMILES string of the molecule is O=C(NNC(=O)[C@@H]1CCCN1C(=O)c1cccs1)c1ccccn1. The van der Waals surface area contributed by atoms with Gasteiger partial charge in [-0.3, -0.25) is 30.2 Å². The number of carbonyl (C=O) groups is 3. The number of rotatable bonds is 3. The summed E-state index contributed by atoms with van der Waals surface area (Å²) in [5.41, 5.74) is 4.92. The molecule has 3 heterocycles. The fourth-order valence-electron chi connectivity index (χ4n) is 2.59. The molecule has 3 rings (SSSR count). The molecule has 0 radical (unpaired) electrons. The second kappa shape index (κ2) is 7.22. The van der Waals surface area contributed by atoms with E-state index in [0.717, 1.165) is 6.42 Å². The van der Waals surface area contributed by atoms with Crippen LogP contribution in [0.2, 0.25) is 0 Å². The summed E-state index contributed by atoms with van der Waals surface area (Å²) >= 11 is 1.35. The van der Waals surface area contributed by atoms with E-state index in [1.165, 1.54) is 17.5 Å². The van der Waals surface area contributed by atoms with Gasteiger partial charge in [0.1, 0.15) is 11.7 Å². The summed E-state index contributed by atoms with van der Waals surface area (Å²) < 4.78 is 0. The Morgan fingerprint density at radius 2 is 2.04 bits per heavy atom. The number of thiophene rings is 1. The van der Waals surface area contributed by atoms with Gasteiger partial charge in [-0.25, -0.2) is 0 Å². The highest BCUT2D eigenvalue weighted by Gasteiger charge is 2.35. The van der Waals surface area contributed by atoms with Crippen molar-refractivity contribution in [3.63, 3.8) is 0 Å². The third-order valence-corrected chi connectivity index (χ3v) is 4.60. The topological polar surface area (TPSA) is 91.4 Å². The molecule has 0 unspecified atom stereocenters. The minimum Gasteiger partial charge on any atom is -0.326 e. The number of hydrazine groups is 1. The maximum atomic E-state index is 12.4. The fraction of sp³-hybridized carbons (Fsp3) is 0.250. The summed E-state index contributed by atoms with van der Waals surface area (Å²) in [4.78, 5) is 42.7. The van der Waals surface area contributed by atoms with Crippen LogP contribution in [-0.2, 0) is 4.79 Å². The first-order valence-electron chi connectivity index (χ1n) is 7.52. The van der Waals surface area contributed by atoms with Crippen LogP contribution in [0.15, 0.2) is 41.9 Å². The van der Waals surface area contributed by atoms with Crippen LogP contribution in [0.3, 0.4) is 0 Å². The number of hydrogen-bond donors (Lipinski definition) is 2. The van der Waals surface area contributed by atoms with Crippen molar-refractivity contribution in [2.24, 2.45) is 0 Å². The van der Waals surface area contributed by atoms with Gasteiger partial charge >= 0.3 is 0 Å². The van der Waals surface area contributed by atoms with Crippen molar-refractivity contribution >= 4 is 29.1 Å². The molecule has 0 spiro atoms. The molecule has 0 aliphatic carbocycles. The molecule has 2 N–H and O–H groups in total. The first-order valence-corrected chi connectivity index (χ1v) is 8.40. The van der Waals surface area contributed by atoms with Gasteiger partial charge < -0.3 is 4.90 Å². The molecule has 0 bridgehead atoms. The van der Waals surface area contributed by atoms with E-state index in [1.807, 2.05) is 5.38 Å². The Labute approximate surface area is 142 Å². The van der Waals surface area contributed by atoms with Crippen LogP contribution >= 0.6 is 11.3 Å². The van der Waals surface area contributed by atoms with Crippen LogP contribution < -0.4 is 10.9 Å². The monoisotopic (exact) mass is 344 g/mol. The number of likely N-dealkylation sites (tertiary alicyclic amines) is 1.